The summed E-state index contributed by atoms with van der Waals surface area (Å²) in [5.41, 5.74) is 2.04. The standard InChI is InChI=1S/C14H12Br2O/c15-11-5-3-4-10(8-11)9-14(17)12-6-1-2-7-13(12)16/h1-8,14,17H,9H2. The van der Waals surface area contributed by atoms with Crippen molar-refractivity contribution < 1.29 is 5.11 Å². The molecule has 0 spiro atoms. The van der Waals surface area contributed by atoms with E-state index in [1.165, 1.54) is 0 Å². The van der Waals surface area contributed by atoms with Crippen molar-refractivity contribution in [1.82, 2.24) is 0 Å². The van der Waals surface area contributed by atoms with Crippen LogP contribution in [0.3, 0.4) is 0 Å². The molecular formula is C14H12Br2O. The zero-order valence-corrected chi connectivity index (χ0v) is 12.3. The average Bonchev–Trinajstić information content (AvgIpc) is 2.29. The molecule has 0 bridgehead atoms. The third kappa shape index (κ3) is 3.41. The van der Waals surface area contributed by atoms with E-state index >= 15 is 0 Å². The van der Waals surface area contributed by atoms with Crippen molar-refractivity contribution in [3.63, 3.8) is 0 Å². The summed E-state index contributed by atoms with van der Waals surface area (Å²) in [7, 11) is 0. The van der Waals surface area contributed by atoms with Gasteiger partial charge in [-0.2, -0.15) is 0 Å². The minimum atomic E-state index is -0.486. The fourth-order valence-corrected chi connectivity index (χ4v) is 2.74. The summed E-state index contributed by atoms with van der Waals surface area (Å²) in [5.74, 6) is 0. The van der Waals surface area contributed by atoms with E-state index in [-0.39, 0.29) is 0 Å². The number of hydrogen-bond donors (Lipinski definition) is 1. The monoisotopic (exact) mass is 354 g/mol. The molecule has 3 heteroatoms. The number of hydrogen-bond acceptors (Lipinski definition) is 1. The molecule has 2 rings (SSSR count). The summed E-state index contributed by atoms with van der Waals surface area (Å²) in [6.07, 6.45) is 0.127. The summed E-state index contributed by atoms with van der Waals surface area (Å²) in [5, 5.41) is 10.2. The SMILES string of the molecule is OC(Cc1cccc(Br)c1)c1ccccc1Br. The van der Waals surface area contributed by atoms with Crippen LogP contribution in [0.2, 0.25) is 0 Å². The Kier molecular flexibility index (Phi) is 4.37. The van der Waals surface area contributed by atoms with Gasteiger partial charge in [-0.05, 0) is 29.3 Å². The molecule has 0 radical (unpaired) electrons. The van der Waals surface area contributed by atoms with E-state index in [0.29, 0.717) is 6.42 Å². The van der Waals surface area contributed by atoms with E-state index < -0.39 is 6.10 Å². The van der Waals surface area contributed by atoms with Gasteiger partial charge < -0.3 is 5.11 Å². The van der Waals surface area contributed by atoms with Gasteiger partial charge in [-0.25, -0.2) is 0 Å². The topological polar surface area (TPSA) is 20.2 Å². The van der Waals surface area contributed by atoms with Crippen LogP contribution in [0.25, 0.3) is 0 Å². The van der Waals surface area contributed by atoms with Gasteiger partial charge in [0.2, 0.25) is 0 Å². The Balaban J connectivity index is 2.17. The van der Waals surface area contributed by atoms with Gasteiger partial charge in [0.25, 0.3) is 0 Å². The summed E-state index contributed by atoms with van der Waals surface area (Å²) in [6, 6.07) is 15.8. The first-order valence-electron chi connectivity index (χ1n) is 5.34. The summed E-state index contributed by atoms with van der Waals surface area (Å²) in [6.45, 7) is 0. The predicted molar refractivity (Wildman–Crippen MR) is 76.9 cm³/mol. The molecule has 0 aliphatic carbocycles. The average molecular weight is 356 g/mol. The number of benzene rings is 2. The normalized spacial score (nSPS) is 12.4. The van der Waals surface area contributed by atoms with Crippen LogP contribution < -0.4 is 0 Å². The van der Waals surface area contributed by atoms with Crippen LogP contribution >= 0.6 is 31.9 Å². The molecule has 2 aromatic carbocycles. The summed E-state index contributed by atoms with van der Waals surface area (Å²) in [4.78, 5) is 0. The van der Waals surface area contributed by atoms with Gasteiger partial charge in [0, 0.05) is 15.4 Å². The smallest absolute Gasteiger partial charge is 0.0841 e. The Morgan fingerprint density at radius 2 is 1.76 bits per heavy atom. The molecule has 2 aromatic rings. The Hall–Kier alpha value is -0.640. The lowest BCUT2D eigenvalue weighted by Crippen LogP contribution is -2.02. The third-order valence-electron chi connectivity index (χ3n) is 2.58. The minimum absolute atomic E-state index is 0.486. The van der Waals surface area contributed by atoms with E-state index in [1.54, 1.807) is 0 Å². The van der Waals surface area contributed by atoms with E-state index in [4.69, 9.17) is 0 Å². The Morgan fingerprint density at radius 1 is 1.00 bits per heavy atom. The van der Waals surface area contributed by atoms with Crippen LogP contribution in [-0.4, -0.2) is 5.11 Å². The minimum Gasteiger partial charge on any atom is -0.388 e. The first kappa shape index (κ1) is 12.8. The maximum atomic E-state index is 10.2. The second-order valence-electron chi connectivity index (χ2n) is 3.87. The molecule has 0 aliphatic heterocycles. The molecule has 1 nitrogen and oxygen atoms in total. The molecule has 0 amide bonds. The van der Waals surface area contributed by atoms with E-state index in [0.717, 1.165) is 20.1 Å². The molecule has 0 aromatic heterocycles. The Bertz CT molecular complexity index is 511. The highest BCUT2D eigenvalue weighted by molar-refractivity contribution is 9.10. The molecule has 17 heavy (non-hydrogen) atoms. The lowest BCUT2D eigenvalue weighted by Gasteiger charge is -2.13. The third-order valence-corrected chi connectivity index (χ3v) is 3.80. The van der Waals surface area contributed by atoms with Gasteiger partial charge in [-0.3, -0.25) is 0 Å². The van der Waals surface area contributed by atoms with E-state index in [1.807, 2.05) is 48.5 Å². The molecule has 0 saturated heterocycles. The molecule has 0 saturated carbocycles. The van der Waals surface area contributed by atoms with Gasteiger partial charge in [-0.1, -0.05) is 62.2 Å². The van der Waals surface area contributed by atoms with Crippen LogP contribution in [0.4, 0.5) is 0 Å². The van der Waals surface area contributed by atoms with E-state index in [9.17, 15) is 5.11 Å². The summed E-state index contributed by atoms with van der Waals surface area (Å²) < 4.78 is 1.98. The lowest BCUT2D eigenvalue weighted by molar-refractivity contribution is 0.177. The van der Waals surface area contributed by atoms with Crippen LogP contribution in [0.15, 0.2) is 57.5 Å². The van der Waals surface area contributed by atoms with Crippen LogP contribution in [0.1, 0.15) is 17.2 Å². The summed E-state index contributed by atoms with van der Waals surface area (Å²) >= 11 is 6.89. The van der Waals surface area contributed by atoms with Gasteiger partial charge in [0.05, 0.1) is 6.10 Å². The Morgan fingerprint density at radius 3 is 2.47 bits per heavy atom. The number of aliphatic hydroxyl groups excluding tert-OH is 1. The number of rotatable bonds is 3. The molecule has 88 valence electrons. The van der Waals surface area contributed by atoms with Crippen molar-refractivity contribution >= 4 is 31.9 Å². The second kappa shape index (κ2) is 5.80. The van der Waals surface area contributed by atoms with Crippen molar-refractivity contribution in [3.05, 3.63) is 68.6 Å². The zero-order chi connectivity index (χ0) is 12.3. The Labute approximate surface area is 118 Å². The highest BCUT2D eigenvalue weighted by Crippen LogP contribution is 2.26. The van der Waals surface area contributed by atoms with Crippen molar-refractivity contribution in [3.8, 4) is 0 Å². The molecule has 1 unspecified atom stereocenters. The van der Waals surface area contributed by atoms with Crippen LogP contribution in [-0.2, 0) is 6.42 Å². The molecule has 0 aliphatic rings. The number of halogens is 2. The predicted octanol–water partition coefficient (Wildman–Crippen LogP) is 4.49. The van der Waals surface area contributed by atoms with Gasteiger partial charge in [0.15, 0.2) is 0 Å². The van der Waals surface area contributed by atoms with E-state index in [2.05, 4.69) is 31.9 Å². The lowest BCUT2D eigenvalue weighted by atomic mass is 10.0. The molecule has 1 atom stereocenters. The highest BCUT2D eigenvalue weighted by Gasteiger charge is 2.11. The first-order valence-corrected chi connectivity index (χ1v) is 6.92. The van der Waals surface area contributed by atoms with Crippen LogP contribution in [0, 0.1) is 0 Å². The fourth-order valence-electron chi connectivity index (χ4n) is 1.74. The molecule has 0 fully saturated rings. The van der Waals surface area contributed by atoms with Crippen molar-refractivity contribution in [2.75, 3.05) is 0 Å². The number of aliphatic hydroxyl groups is 1. The molecule has 1 N–H and O–H groups in total. The van der Waals surface area contributed by atoms with Crippen LogP contribution in [0.5, 0.6) is 0 Å². The molecule has 0 heterocycles. The van der Waals surface area contributed by atoms with Gasteiger partial charge in [-0.15, -0.1) is 0 Å². The van der Waals surface area contributed by atoms with Crippen molar-refractivity contribution in [1.29, 1.82) is 0 Å². The highest BCUT2D eigenvalue weighted by atomic mass is 79.9. The quantitative estimate of drug-likeness (QED) is 0.860. The van der Waals surface area contributed by atoms with Crippen molar-refractivity contribution in [2.45, 2.75) is 12.5 Å². The maximum Gasteiger partial charge on any atom is 0.0841 e. The second-order valence-corrected chi connectivity index (χ2v) is 5.64. The maximum absolute atomic E-state index is 10.2. The first-order chi connectivity index (χ1) is 8.16. The van der Waals surface area contributed by atoms with Gasteiger partial charge >= 0.3 is 0 Å². The van der Waals surface area contributed by atoms with Gasteiger partial charge in [0.1, 0.15) is 0 Å². The molecular weight excluding hydrogens is 344 g/mol. The zero-order valence-electron chi connectivity index (χ0n) is 9.11. The fraction of sp³-hybridized carbons (Fsp3) is 0.143. The largest absolute Gasteiger partial charge is 0.388 e. The van der Waals surface area contributed by atoms with Crippen molar-refractivity contribution in [2.24, 2.45) is 0 Å².